The van der Waals surface area contributed by atoms with E-state index in [-0.39, 0.29) is 12.1 Å². The Morgan fingerprint density at radius 2 is 1.95 bits per heavy atom. The lowest BCUT2D eigenvalue weighted by Crippen LogP contribution is -2.23. The van der Waals surface area contributed by atoms with Crippen LogP contribution < -0.4 is 4.73 Å². The lowest BCUT2D eigenvalue weighted by molar-refractivity contribution is -0.603. The number of nitrogens with zero attached hydrogens (tertiary/aromatic N) is 3. The van der Waals surface area contributed by atoms with E-state index in [2.05, 4.69) is 5.10 Å². The molecule has 0 aliphatic heterocycles. The molecule has 0 saturated heterocycles. The number of pyridine rings is 1. The van der Waals surface area contributed by atoms with Crippen molar-refractivity contribution in [2.75, 3.05) is 0 Å². The smallest absolute Gasteiger partial charge is 0.191 e. The van der Waals surface area contributed by atoms with Gasteiger partial charge in [-0.15, -0.1) is 0 Å². The third kappa shape index (κ3) is 2.33. The molecule has 0 unspecified atom stereocenters. The Bertz CT molecular complexity index is 794. The van der Waals surface area contributed by atoms with Crippen LogP contribution in [-0.4, -0.2) is 9.78 Å². The number of aryl methyl sites for hydroxylation is 1. The molecule has 0 fully saturated rings. The quantitative estimate of drug-likeness (QED) is 0.549. The molecular formula is C15H13F2N3O. The van der Waals surface area contributed by atoms with E-state index in [9.17, 15) is 14.0 Å². The first-order chi connectivity index (χ1) is 10.1. The maximum Gasteiger partial charge on any atom is 0.191 e. The van der Waals surface area contributed by atoms with Crippen LogP contribution in [0.1, 0.15) is 18.2 Å². The number of rotatable bonds is 3. The van der Waals surface area contributed by atoms with Crippen LogP contribution in [0.15, 0.2) is 36.7 Å². The van der Waals surface area contributed by atoms with Crippen LogP contribution in [0.3, 0.4) is 0 Å². The first-order valence-electron chi connectivity index (χ1n) is 6.61. The minimum atomic E-state index is -0.605. The lowest BCUT2D eigenvalue weighted by Gasteiger charge is -2.06. The molecule has 21 heavy (non-hydrogen) atoms. The number of halogens is 2. The molecule has 3 aromatic rings. The molecule has 0 aliphatic carbocycles. The molecule has 6 heteroatoms. The normalized spacial score (nSPS) is 11.2. The minimum Gasteiger partial charge on any atom is -0.619 e. The average Bonchev–Trinajstić information content (AvgIpc) is 2.80. The summed E-state index contributed by atoms with van der Waals surface area (Å²) in [6.45, 7) is 1.90. The maximum absolute atomic E-state index is 13.8. The van der Waals surface area contributed by atoms with Crippen molar-refractivity contribution in [1.82, 2.24) is 9.78 Å². The summed E-state index contributed by atoms with van der Waals surface area (Å²) < 4.78 is 29.7. The van der Waals surface area contributed by atoms with Crippen molar-refractivity contribution in [3.8, 4) is 0 Å². The number of hydrogen-bond acceptors (Lipinski definition) is 2. The second-order valence-electron chi connectivity index (χ2n) is 4.76. The highest BCUT2D eigenvalue weighted by molar-refractivity contribution is 5.80. The highest BCUT2D eigenvalue weighted by Gasteiger charge is 2.15. The van der Waals surface area contributed by atoms with E-state index in [1.54, 1.807) is 6.07 Å². The van der Waals surface area contributed by atoms with E-state index in [1.807, 2.05) is 6.92 Å². The molecule has 0 radical (unpaired) electrons. The summed E-state index contributed by atoms with van der Waals surface area (Å²) in [4.78, 5) is 0. The van der Waals surface area contributed by atoms with Crippen molar-refractivity contribution in [3.63, 3.8) is 0 Å². The molecule has 1 aromatic carbocycles. The zero-order chi connectivity index (χ0) is 15.0. The Morgan fingerprint density at radius 3 is 2.62 bits per heavy atom. The Hall–Kier alpha value is -2.50. The number of aromatic nitrogens is 3. The van der Waals surface area contributed by atoms with Crippen LogP contribution in [0.4, 0.5) is 8.78 Å². The van der Waals surface area contributed by atoms with Gasteiger partial charge in [-0.1, -0.05) is 13.0 Å². The van der Waals surface area contributed by atoms with Gasteiger partial charge in [0, 0.05) is 11.6 Å². The number of fused-ring (bicyclic) bond motifs is 1. The second-order valence-corrected chi connectivity index (χ2v) is 4.76. The van der Waals surface area contributed by atoms with Crippen molar-refractivity contribution >= 4 is 10.9 Å². The molecule has 0 aliphatic rings. The Labute approximate surface area is 119 Å². The van der Waals surface area contributed by atoms with Gasteiger partial charge in [-0.2, -0.15) is 9.83 Å². The highest BCUT2D eigenvalue weighted by Crippen LogP contribution is 2.20. The van der Waals surface area contributed by atoms with Crippen LogP contribution in [-0.2, 0) is 13.0 Å². The van der Waals surface area contributed by atoms with Gasteiger partial charge in [0.2, 0.25) is 0 Å². The van der Waals surface area contributed by atoms with Crippen molar-refractivity contribution in [3.05, 3.63) is 64.8 Å². The minimum absolute atomic E-state index is 0.0160. The first kappa shape index (κ1) is 13.5. The number of benzene rings is 1. The van der Waals surface area contributed by atoms with Gasteiger partial charge in [0.15, 0.2) is 12.4 Å². The largest absolute Gasteiger partial charge is 0.619 e. The van der Waals surface area contributed by atoms with Crippen LogP contribution in [0.25, 0.3) is 10.9 Å². The molecular weight excluding hydrogens is 276 g/mol. The molecule has 0 amide bonds. The molecule has 4 nitrogen and oxygen atoms in total. The topological polar surface area (TPSA) is 44.8 Å². The summed E-state index contributed by atoms with van der Waals surface area (Å²) in [5, 5.41) is 16.4. The zero-order valence-electron chi connectivity index (χ0n) is 11.4. The van der Waals surface area contributed by atoms with Gasteiger partial charge in [-0.3, -0.25) is 4.68 Å². The Balaban J connectivity index is 2.13. The molecule has 108 valence electrons. The maximum atomic E-state index is 13.8. The fourth-order valence-corrected chi connectivity index (χ4v) is 2.39. The first-order valence-corrected chi connectivity index (χ1v) is 6.61. The van der Waals surface area contributed by atoms with Crippen molar-refractivity contribution in [2.45, 2.75) is 19.9 Å². The van der Waals surface area contributed by atoms with Gasteiger partial charge >= 0.3 is 0 Å². The second kappa shape index (κ2) is 5.12. The van der Waals surface area contributed by atoms with Gasteiger partial charge < -0.3 is 5.21 Å². The third-order valence-electron chi connectivity index (χ3n) is 3.45. The van der Waals surface area contributed by atoms with Gasteiger partial charge in [-0.25, -0.2) is 8.78 Å². The van der Waals surface area contributed by atoms with Crippen LogP contribution >= 0.6 is 0 Å². The van der Waals surface area contributed by atoms with Gasteiger partial charge in [0.05, 0.1) is 23.1 Å². The van der Waals surface area contributed by atoms with E-state index < -0.39 is 11.6 Å². The SMILES string of the molecule is CCc1nn(Cc2c(F)cccc2F)c2cc[n+]([O-])cc12. The average molecular weight is 289 g/mol. The van der Waals surface area contributed by atoms with E-state index in [0.29, 0.717) is 22.1 Å². The fourth-order valence-electron chi connectivity index (χ4n) is 2.39. The molecule has 2 heterocycles. The third-order valence-corrected chi connectivity index (χ3v) is 3.45. The summed E-state index contributed by atoms with van der Waals surface area (Å²) in [6, 6.07) is 5.37. The van der Waals surface area contributed by atoms with Crippen molar-refractivity contribution in [1.29, 1.82) is 0 Å². The van der Waals surface area contributed by atoms with E-state index in [1.165, 1.54) is 35.3 Å². The predicted molar refractivity (Wildman–Crippen MR) is 73.5 cm³/mol. The summed E-state index contributed by atoms with van der Waals surface area (Å²) in [6.07, 6.45) is 3.40. The van der Waals surface area contributed by atoms with E-state index >= 15 is 0 Å². The zero-order valence-corrected chi connectivity index (χ0v) is 11.4. The van der Waals surface area contributed by atoms with Crippen molar-refractivity contribution < 1.29 is 13.5 Å². The molecule has 0 saturated carbocycles. The molecule has 0 spiro atoms. The molecule has 0 N–H and O–H groups in total. The molecule has 0 atom stereocenters. The highest BCUT2D eigenvalue weighted by atomic mass is 19.1. The monoisotopic (exact) mass is 289 g/mol. The van der Waals surface area contributed by atoms with Crippen molar-refractivity contribution in [2.24, 2.45) is 0 Å². The standard InChI is InChI=1S/C15H13F2N3O/c1-2-14-11-8-19(21)7-6-15(11)20(18-14)9-10-12(16)4-3-5-13(10)17/h3-8H,2,9H2,1H3. The molecule has 3 rings (SSSR count). The molecule has 2 aromatic heterocycles. The van der Waals surface area contributed by atoms with Crippen LogP contribution in [0.5, 0.6) is 0 Å². The molecule has 0 bridgehead atoms. The van der Waals surface area contributed by atoms with Gasteiger partial charge in [0.25, 0.3) is 0 Å². The summed E-state index contributed by atoms with van der Waals surface area (Å²) in [5.41, 5.74) is 1.37. The predicted octanol–water partition coefficient (Wildman–Crippen LogP) is 2.56. The lowest BCUT2D eigenvalue weighted by atomic mass is 10.2. The Kier molecular flexibility index (Phi) is 3.29. The summed E-state index contributed by atoms with van der Waals surface area (Å²) in [7, 11) is 0. The summed E-state index contributed by atoms with van der Waals surface area (Å²) >= 11 is 0. The van der Waals surface area contributed by atoms with E-state index in [4.69, 9.17) is 0 Å². The van der Waals surface area contributed by atoms with Gasteiger partial charge in [0.1, 0.15) is 11.6 Å². The van der Waals surface area contributed by atoms with Gasteiger partial charge in [-0.05, 0) is 18.6 Å². The van der Waals surface area contributed by atoms with E-state index in [0.717, 1.165) is 5.69 Å². The summed E-state index contributed by atoms with van der Waals surface area (Å²) in [5.74, 6) is -1.21. The van der Waals surface area contributed by atoms with Crippen LogP contribution in [0.2, 0.25) is 0 Å². The Morgan fingerprint density at radius 1 is 1.24 bits per heavy atom. The number of hydrogen-bond donors (Lipinski definition) is 0. The fraction of sp³-hybridized carbons (Fsp3) is 0.200. The van der Waals surface area contributed by atoms with Crippen LogP contribution in [0, 0.1) is 16.8 Å².